The van der Waals surface area contributed by atoms with Gasteiger partial charge < -0.3 is 4.74 Å². The van der Waals surface area contributed by atoms with Gasteiger partial charge in [-0.05, 0) is 50.4 Å². The zero-order valence-electron chi connectivity index (χ0n) is 8.29. The van der Waals surface area contributed by atoms with E-state index in [1.165, 1.54) is 25.7 Å². The third kappa shape index (κ3) is 2.45. The van der Waals surface area contributed by atoms with Crippen LogP contribution in [0.2, 0.25) is 0 Å². The van der Waals surface area contributed by atoms with Crippen molar-refractivity contribution in [1.29, 1.82) is 0 Å². The molecule has 74 valence electrons. The summed E-state index contributed by atoms with van der Waals surface area (Å²) in [4.78, 5) is 11.3. The van der Waals surface area contributed by atoms with Crippen LogP contribution in [0.3, 0.4) is 0 Å². The Balaban J connectivity index is 1.78. The first-order chi connectivity index (χ1) is 6.31. The molecular formula is C11H18O2. The van der Waals surface area contributed by atoms with E-state index in [0.717, 1.165) is 11.8 Å². The molecule has 0 atom stereocenters. The third-order valence-corrected chi connectivity index (χ3v) is 3.16. The van der Waals surface area contributed by atoms with Crippen LogP contribution in [0, 0.1) is 17.8 Å². The molecule has 0 aromatic carbocycles. The van der Waals surface area contributed by atoms with E-state index in [0.29, 0.717) is 18.9 Å². The van der Waals surface area contributed by atoms with Crippen molar-refractivity contribution in [2.45, 2.75) is 39.0 Å². The van der Waals surface area contributed by atoms with Crippen LogP contribution in [0.25, 0.3) is 0 Å². The maximum absolute atomic E-state index is 11.3. The lowest BCUT2D eigenvalue weighted by atomic mass is 9.94. The molecule has 2 saturated carbocycles. The van der Waals surface area contributed by atoms with Crippen LogP contribution in [0.5, 0.6) is 0 Å². The Hall–Kier alpha value is -0.530. The number of rotatable bonds is 5. The Labute approximate surface area is 79.7 Å². The molecule has 0 amide bonds. The third-order valence-electron chi connectivity index (χ3n) is 3.16. The topological polar surface area (TPSA) is 26.3 Å². The fourth-order valence-electron chi connectivity index (χ4n) is 2.18. The molecule has 0 N–H and O–H groups in total. The highest BCUT2D eigenvalue weighted by Crippen LogP contribution is 2.50. The second-order valence-electron chi connectivity index (χ2n) is 4.35. The van der Waals surface area contributed by atoms with Gasteiger partial charge >= 0.3 is 5.97 Å². The summed E-state index contributed by atoms with van der Waals surface area (Å²) in [5.41, 5.74) is 0. The summed E-state index contributed by atoms with van der Waals surface area (Å²) in [6.45, 7) is 2.40. The van der Waals surface area contributed by atoms with Gasteiger partial charge in [-0.1, -0.05) is 0 Å². The fraction of sp³-hybridized carbons (Fsp3) is 0.909. The minimum absolute atomic E-state index is 0.0197. The normalized spacial score (nSPS) is 22.0. The van der Waals surface area contributed by atoms with Crippen LogP contribution < -0.4 is 0 Å². The average Bonchev–Trinajstić information content (AvgIpc) is 2.95. The molecule has 0 aromatic heterocycles. The summed E-state index contributed by atoms with van der Waals surface area (Å²) < 4.78 is 4.99. The monoisotopic (exact) mass is 182 g/mol. The zero-order valence-corrected chi connectivity index (χ0v) is 8.29. The molecule has 0 aromatic rings. The molecule has 0 spiro atoms. The fourth-order valence-corrected chi connectivity index (χ4v) is 2.18. The van der Waals surface area contributed by atoms with Gasteiger partial charge in [0.15, 0.2) is 0 Å². The van der Waals surface area contributed by atoms with Gasteiger partial charge in [0.1, 0.15) is 0 Å². The van der Waals surface area contributed by atoms with Crippen LogP contribution >= 0.6 is 0 Å². The van der Waals surface area contributed by atoms with Crippen molar-refractivity contribution in [3.63, 3.8) is 0 Å². The Morgan fingerprint density at radius 1 is 1.31 bits per heavy atom. The van der Waals surface area contributed by atoms with Gasteiger partial charge in [0.25, 0.3) is 0 Å². The molecule has 2 heteroatoms. The number of carbonyl (C=O) groups excluding carboxylic acids is 1. The van der Waals surface area contributed by atoms with E-state index in [1.54, 1.807) is 0 Å². The minimum atomic E-state index is 0.0197. The molecule has 0 bridgehead atoms. The van der Waals surface area contributed by atoms with Crippen molar-refractivity contribution < 1.29 is 9.53 Å². The van der Waals surface area contributed by atoms with E-state index < -0.39 is 0 Å². The van der Waals surface area contributed by atoms with E-state index in [4.69, 9.17) is 4.74 Å². The van der Waals surface area contributed by atoms with E-state index in [-0.39, 0.29) is 5.97 Å². The van der Waals surface area contributed by atoms with Crippen molar-refractivity contribution in [3.8, 4) is 0 Å². The van der Waals surface area contributed by atoms with Gasteiger partial charge in [0, 0.05) is 6.42 Å². The first-order valence-corrected chi connectivity index (χ1v) is 5.47. The van der Waals surface area contributed by atoms with E-state index >= 15 is 0 Å². The lowest BCUT2D eigenvalue weighted by Crippen LogP contribution is -2.14. The SMILES string of the molecule is CCOC(=O)CC(C1CC1)C1CC1. The summed E-state index contributed by atoms with van der Waals surface area (Å²) in [6.07, 6.45) is 6.07. The summed E-state index contributed by atoms with van der Waals surface area (Å²) in [6, 6.07) is 0. The van der Waals surface area contributed by atoms with Gasteiger partial charge in [0.05, 0.1) is 6.61 Å². The number of ether oxygens (including phenoxy) is 1. The molecule has 0 heterocycles. The minimum Gasteiger partial charge on any atom is -0.466 e. The zero-order chi connectivity index (χ0) is 9.26. The van der Waals surface area contributed by atoms with Crippen LogP contribution in [0.15, 0.2) is 0 Å². The second kappa shape index (κ2) is 3.69. The summed E-state index contributed by atoms with van der Waals surface area (Å²) in [5, 5.41) is 0. The molecular weight excluding hydrogens is 164 g/mol. The highest BCUT2D eigenvalue weighted by atomic mass is 16.5. The molecule has 2 rings (SSSR count). The van der Waals surface area contributed by atoms with Gasteiger partial charge in [-0.3, -0.25) is 4.79 Å². The van der Waals surface area contributed by atoms with Gasteiger partial charge in [0.2, 0.25) is 0 Å². The van der Waals surface area contributed by atoms with Crippen molar-refractivity contribution in [1.82, 2.24) is 0 Å². The lowest BCUT2D eigenvalue weighted by molar-refractivity contribution is -0.144. The highest BCUT2D eigenvalue weighted by Gasteiger charge is 2.42. The van der Waals surface area contributed by atoms with Crippen molar-refractivity contribution in [2.24, 2.45) is 17.8 Å². The first-order valence-electron chi connectivity index (χ1n) is 5.47. The molecule has 2 fully saturated rings. The molecule has 0 aliphatic heterocycles. The van der Waals surface area contributed by atoms with Gasteiger partial charge in [-0.15, -0.1) is 0 Å². The predicted molar refractivity (Wildman–Crippen MR) is 50.2 cm³/mol. The predicted octanol–water partition coefficient (Wildman–Crippen LogP) is 2.38. The Morgan fingerprint density at radius 3 is 2.23 bits per heavy atom. The van der Waals surface area contributed by atoms with E-state index in [2.05, 4.69) is 0 Å². The summed E-state index contributed by atoms with van der Waals surface area (Å²) in [7, 11) is 0. The largest absolute Gasteiger partial charge is 0.466 e. The first kappa shape index (κ1) is 9.04. The highest BCUT2D eigenvalue weighted by molar-refractivity contribution is 5.69. The molecule has 0 radical (unpaired) electrons. The van der Waals surface area contributed by atoms with E-state index in [9.17, 15) is 4.79 Å². The lowest BCUT2D eigenvalue weighted by Gasteiger charge is -2.13. The van der Waals surface area contributed by atoms with Crippen LogP contribution in [-0.4, -0.2) is 12.6 Å². The molecule has 2 aliphatic carbocycles. The van der Waals surface area contributed by atoms with Crippen LogP contribution in [-0.2, 0) is 9.53 Å². The summed E-state index contributed by atoms with van der Waals surface area (Å²) in [5.74, 6) is 2.40. The van der Waals surface area contributed by atoms with Crippen molar-refractivity contribution in [2.75, 3.05) is 6.61 Å². The molecule has 0 unspecified atom stereocenters. The second-order valence-corrected chi connectivity index (χ2v) is 4.35. The molecule has 0 saturated heterocycles. The van der Waals surface area contributed by atoms with Crippen LogP contribution in [0.4, 0.5) is 0 Å². The smallest absolute Gasteiger partial charge is 0.306 e. The average molecular weight is 182 g/mol. The maximum Gasteiger partial charge on any atom is 0.306 e. The van der Waals surface area contributed by atoms with Crippen LogP contribution in [0.1, 0.15) is 39.0 Å². The number of esters is 1. The summed E-state index contributed by atoms with van der Waals surface area (Å²) >= 11 is 0. The van der Waals surface area contributed by atoms with Crippen molar-refractivity contribution in [3.05, 3.63) is 0 Å². The van der Waals surface area contributed by atoms with E-state index in [1.807, 2.05) is 6.92 Å². The Bertz CT molecular complexity index is 180. The number of hydrogen-bond acceptors (Lipinski definition) is 2. The molecule has 13 heavy (non-hydrogen) atoms. The Kier molecular flexibility index (Phi) is 2.56. The number of hydrogen-bond donors (Lipinski definition) is 0. The van der Waals surface area contributed by atoms with Gasteiger partial charge in [-0.25, -0.2) is 0 Å². The molecule has 2 nitrogen and oxygen atoms in total. The van der Waals surface area contributed by atoms with Gasteiger partial charge in [-0.2, -0.15) is 0 Å². The van der Waals surface area contributed by atoms with Crippen molar-refractivity contribution >= 4 is 5.97 Å². The number of carbonyl (C=O) groups is 1. The quantitative estimate of drug-likeness (QED) is 0.610. The Morgan fingerprint density at radius 2 is 1.85 bits per heavy atom. The maximum atomic E-state index is 11.3. The standard InChI is InChI=1S/C11H18O2/c1-2-13-11(12)7-10(8-3-4-8)9-5-6-9/h8-10H,2-7H2,1H3. The molecule has 2 aliphatic rings.